The number of aromatic nitrogens is 1. The summed E-state index contributed by atoms with van der Waals surface area (Å²) in [4.78, 5) is 20.2. The number of benzene rings is 4. The van der Waals surface area contributed by atoms with E-state index in [1.165, 1.54) is 6.07 Å². The number of hydrogen-bond acceptors (Lipinski definition) is 3. The minimum absolute atomic E-state index is 0.0585. The SMILES string of the molecule is O=C(C(c1ccccc1)c1ccccc1)N(Cc1ccccc1)c1nc2c(F)cc(F)cc2s1. The number of carbonyl (C=O) groups is 1. The maximum atomic E-state index is 14.4. The lowest BCUT2D eigenvalue weighted by molar-refractivity contribution is -0.119. The maximum Gasteiger partial charge on any atom is 0.241 e. The molecular formula is C28H20F2N2OS. The minimum atomic E-state index is -0.743. The van der Waals surface area contributed by atoms with Gasteiger partial charge < -0.3 is 0 Å². The maximum absolute atomic E-state index is 14.4. The first-order valence-corrected chi connectivity index (χ1v) is 11.6. The first-order valence-electron chi connectivity index (χ1n) is 10.8. The van der Waals surface area contributed by atoms with Gasteiger partial charge in [0.15, 0.2) is 10.9 Å². The van der Waals surface area contributed by atoms with Gasteiger partial charge in [0, 0.05) is 6.07 Å². The van der Waals surface area contributed by atoms with E-state index in [4.69, 9.17) is 0 Å². The van der Waals surface area contributed by atoms with Gasteiger partial charge in [-0.2, -0.15) is 0 Å². The van der Waals surface area contributed by atoms with E-state index in [1.807, 2.05) is 91.0 Å². The summed E-state index contributed by atoms with van der Waals surface area (Å²) in [5.74, 6) is -2.19. The molecule has 34 heavy (non-hydrogen) atoms. The predicted octanol–water partition coefficient (Wildman–Crippen LogP) is 6.94. The van der Waals surface area contributed by atoms with E-state index >= 15 is 0 Å². The van der Waals surface area contributed by atoms with Crippen molar-refractivity contribution in [1.82, 2.24) is 4.98 Å². The van der Waals surface area contributed by atoms with Crippen LogP contribution in [0.25, 0.3) is 10.2 Å². The third-order valence-electron chi connectivity index (χ3n) is 5.60. The fraction of sp³-hybridized carbons (Fsp3) is 0.0714. The van der Waals surface area contributed by atoms with Gasteiger partial charge >= 0.3 is 0 Å². The molecular weight excluding hydrogens is 450 g/mol. The molecule has 4 aromatic carbocycles. The third kappa shape index (κ3) is 4.45. The quantitative estimate of drug-likeness (QED) is 0.269. The molecule has 0 saturated heterocycles. The summed E-state index contributed by atoms with van der Waals surface area (Å²) >= 11 is 1.10. The third-order valence-corrected chi connectivity index (χ3v) is 6.62. The van der Waals surface area contributed by atoms with Gasteiger partial charge in [-0.1, -0.05) is 102 Å². The van der Waals surface area contributed by atoms with E-state index < -0.39 is 17.6 Å². The molecule has 0 fully saturated rings. The van der Waals surface area contributed by atoms with E-state index in [2.05, 4.69) is 4.98 Å². The summed E-state index contributed by atoms with van der Waals surface area (Å²) in [6.45, 7) is 0.250. The van der Waals surface area contributed by atoms with Gasteiger partial charge in [-0.25, -0.2) is 13.8 Å². The molecule has 3 nitrogen and oxygen atoms in total. The van der Waals surface area contributed by atoms with Crippen LogP contribution in [0.3, 0.4) is 0 Å². The van der Waals surface area contributed by atoms with Gasteiger partial charge in [0.2, 0.25) is 5.91 Å². The lowest BCUT2D eigenvalue weighted by atomic mass is 9.90. The summed E-state index contributed by atoms with van der Waals surface area (Å²) in [6.07, 6.45) is 0. The zero-order chi connectivity index (χ0) is 23.5. The van der Waals surface area contributed by atoms with E-state index in [0.717, 1.165) is 34.1 Å². The lowest BCUT2D eigenvalue weighted by Crippen LogP contribution is -2.35. The summed E-state index contributed by atoms with van der Waals surface area (Å²) in [5, 5.41) is 0.324. The van der Waals surface area contributed by atoms with Crippen molar-refractivity contribution in [3.05, 3.63) is 131 Å². The van der Waals surface area contributed by atoms with Gasteiger partial charge in [-0.3, -0.25) is 9.69 Å². The molecule has 0 spiro atoms. The number of halogens is 2. The number of thiazole rings is 1. The van der Waals surface area contributed by atoms with Gasteiger partial charge in [0.25, 0.3) is 0 Å². The van der Waals surface area contributed by atoms with Crippen molar-refractivity contribution in [2.45, 2.75) is 12.5 Å². The largest absolute Gasteiger partial charge is 0.283 e. The Morgan fingerprint density at radius 3 is 1.97 bits per heavy atom. The Hall–Kier alpha value is -3.90. The van der Waals surface area contributed by atoms with Crippen LogP contribution in [-0.2, 0) is 11.3 Å². The molecule has 5 aromatic rings. The van der Waals surface area contributed by atoms with Gasteiger partial charge in [0.05, 0.1) is 17.2 Å². The molecule has 0 aliphatic heterocycles. The summed E-state index contributed by atoms with van der Waals surface area (Å²) in [7, 11) is 0. The van der Waals surface area contributed by atoms with Crippen molar-refractivity contribution >= 4 is 32.6 Å². The average molecular weight is 471 g/mol. The summed E-state index contributed by atoms with van der Waals surface area (Å²) in [6, 6.07) is 30.7. The standard InChI is InChI=1S/C28H20F2N2OS/c29-22-16-23(30)26-24(17-22)34-28(31-26)32(18-19-10-4-1-5-11-19)27(33)25(20-12-6-2-7-13-20)21-14-8-3-9-15-21/h1-17,25H,18H2. The second-order valence-corrected chi connectivity index (χ2v) is 8.90. The number of carbonyl (C=O) groups excluding carboxylic acids is 1. The molecule has 0 N–H and O–H groups in total. The Morgan fingerprint density at radius 2 is 1.38 bits per heavy atom. The van der Waals surface area contributed by atoms with E-state index in [-0.39, 0.29) is 18.0 Å². The molecule has 0 radical (unpaired) electrons. The molecule has 1 aromatic heterocycles. The minimum Gasteiger partial charge on any atom is -0.283 e. The van der Waals surface area contributed by atoms with Crippen molar-refractivity contribution in [3.63, 3.8) is 0 Å². The van der Waals surface area contributed by atoms with Crippen LogP contribution in [0.2, 0.25) is 0 Å². The Kier molecular flexibility index (Phi) is 6.14. The predicted molar refractivity (Wildman–Crippen MR) is 132 cm³/mol. The van der Waals surface area contributed by atoms with Crippen LogP contribution < -0.4 is 4.90 Å². The first-order chi connectivity index (χ1) is 16.6. The Labute approximate surface area is 199 Å². The van der Waals surface area contributed by atoms with Crippen LogP contribution in [0.5, 0.6) is 0 Å². The number of fused-ring (bicyclic) bond motifs is 1. The molecule has 0 unspecified atom stereocenters. The van der Waals surface area contributed by atoms with E-state index in [9.17, 15) is 13.6 Å². The smallest absolute Gasteiger partial charge is 0.241 e. The van der Waals surface area contributed by atoms with E-state index in [0.29, 0.717) is 9.83 Å². The highest BCUT2D eigenvalue weighted by Crippen LogP contribution is 2.35. The molecule has 0 aliphatic carbocycles. The molecule has 0 aliphatic rings. The van der Waals surface area contributed by atoms with Crippen LogP contribution in [0.1, 0.15) is 22.6 Å². The summed E-state index contributed by atoms with van der Waals surface area (Å²) < 4.78 is 28.6. The van der Waals surface area contributed by atoms with Gasteiger partial charge in [0.1, 0.15) is 11.3 Å². The number of amides is 1. The molecule has 6 heteroatoms. The monoisotopic (exact) mass is 470 g/mol. The topological polar surface area (TPSA) is 33.2 Å². The van der Waals surface area contributed by atoms with Gasteiger partial charge in [-0.05, 0) is 22.8 Å². The van der Waals surface area contributed by atoms with Crippen molar-refractivity contribution in [1.29, 1.82) is 0 Å². The van der Waals surface area contributed by atoms with Crippen molar-refractivity contribution in [2.24, 2.45) is 0 Å². The lowest BCUT2D eigenvalue weighted by Gasteiger charge is -2.26. The van der Waals surface area contributed by atoms with E-state index in [1.54, 1.807) is 4.90 Å². The summed E-state index contributed by atoms with van der Waals surface area (Å²) in [5.41, 5.74) is 2.65. The van der Waals surface area contributed by atoms with Crippen LogP contribution in [0.15, 0.2) is 103 Å². The molecule has 0 bridgehead atoms. The number of rotatable bonds is 6. The fourth-order valence-electron chi connectivity index (χ4n) is 3.99. The Morgan fingerprint density at radius 1 is 0.824 bits per heavy atom. The normalized spacial score (nSPS) is 11.1. The number of nitrogens with zero attached hydrogens (tertiary/aromatic N) is 2. The molecule has 0 saturated carbocycles. The molecule has 168 valence electrons. The van der Waals surface area contributed by atoms with Crippen molar-refractivity contribution < 1.29 is 13.6 Å². The first kappa shape index (κ1) is 21.9. The highest BCUT2D eigenvalue weighted by Gasteiger charge is 2.30. The zero-order valence-corrected chi connectivity index (χ0v) is 18.9. The second kappa shape index (κ2) is 9.53. The fourth-order valence-corrected chi connectivity index (χ4v) is 5.00. The van der Waals surface area contributed by atoms with Crippen LogP contribution >= 0.6 is 11.3 Å². The number of anilines is 1. The Balaban J connectivity index is 1.64. The molecule has 5 rings (SSSR count). The number of hydrogen-bond donors (Lipinski definition) is 0. The molecule has 0 atom stereocenters. The van der Waals surface area contributed by atoms with Gasteiger partial charge in [-0.15, -0.1) is 0 Å². The Bertz CT molecular complexity index is 1380. The zero-order valence-electron chi connectivity index (χ0n) is 18.1. The van der Waals surface area contributed by atoms with Crippen LogP contribution in [-0.4, -0.2) is 10.9 Å². The van der Waals surface area contributed by atoms with Crippen molar-refractivity contribution in [3.8, 4) is 0 Å². The molecule has 1 amide bonds. The molecule has 1 heterocycles. The van der Waals surface area contributed by atoms with Crippen LogP contribution in [0, 0.1) is 11.6 Å². The van der Waals surface area contributed by atoms with Crippen molar-refractivity contribution in [2.75, 3.05) is 4.90 Å². The average Bonchev–Trinajstić information content (AvgIpc) is 3.29. The highest BCUT2D eigenvalue weighted by atomic mass is 32.1. The van der Waals surface area contributed by atoms with Crippen LogP contribution in [0.4, 0.5) is 13.9 Å². The highest BCUT2D eigenvalue weighted by molar-refractivity contribution is 7.22. The second-order valence-electron chi connectivity index (χ2n) is 7.90.